The third kappa shape index (κ3) is 49.0. The van der Waals surface area contributed by atoms with Gasteiger partial charge in [-0.15, -0.1) is 0 Å². The zero-order valence-corrected chi connectivity index (χ0v) is 43.7. The summed E-state index contributed by atoms with van der Waals surface area (Å²) in [6.07, 6.45) is 68.2. The number of rotatable bonds is 55. The van der Waals surface area contributed by atoms with Crippen molar-refractivity contribution in [2.24, 2.45) is 0 Å². The molecule has 0 aromatic carbocycles. The van der Waals surface area contributed by atoms with Gasteiger partial charge in [-0.25, -0.2) is 0 Å². The third-order valence-electron chi connectivity index (χ3n) is 14.1. The number of nitrogens with one attached hydrogen (secondary N) is 1. The van der Waals surface area contributed by atoms with Crippen LogP contribution in [0.25, 0.3) is 0 Å². The Hall–Kier alpha value is -0.910. The molecule has 3 atom stereocenters. The first kappa shape index (κ1) is 63.1. The Kier molecular flexibility index (Phi) is 53.9. The lowest BCUT2D eigenvalue weighted by molar-refractivity contribution is -0.124. The van der Waals surface area contributed by atoms with Crippen LogP contribution in [0.5, 0.6) is 0 Å². The number of aliphatic hydroxyl groups excluding tert-OH is 3. The minimum Gasteiger partial charge on any atom is -0.394 e. The van der Waals surface area contributed by atoms with Gasteiger partial charge in [0.05, 0.1) is 18.8 Å². The van der Waals surface area contributed by atoms with Gasteiger partial charge in [0.15, 0.2) is 0 Å². The number of carbonyl (C=O) groups excluding carboxylic acids is 1. The molecule has 64 heavy (non-hydrogen) atoms. The van der Waals surface area contributed by atoms with Gasteiger partial charge in [-0.2, -0.15) is 0 Å². The predicted molar refractivity (Wildman–Crippen MR) is 282 cm³/mol. The minimum atomic E-state index is -1.16. The average Bonchev–Trinajstić information content (AvgIpc) is 3.30. The molecule has 0 aliphatic rings. The van der Waals surface area contributed by atoms with Crippen molar-refractivity contribution < 1.29 is 20.1 Å². The maximum atomic E-state index is 12.5. The van der Waals surface area contributed by atoms with Gasteiger partial charge in [-0.05, 0) is 38.5 Å². The Morgan fingerprint density at radius 3 is 0.906 bits per heavy atom. The second-order valence-electron chi connectivity index (χ2n) is 20.6. The Labute approximate surface area is 401 Å². The molecule has 0 aromatic heterocycles. The van der Waals surface area contributed by atoms with Crippen LogP contribution in [0, 0.1) is 0 Å². The van der Waals surface area contributed by atoms with Crippen LogP contribution < -0.4 is 5.32 Å². The van der Waals surface area contributed by atoms with Gasteiger partial charge in [0.1, 0.15) is 6.10 Å². The number of hydrogen-bond acceptors (Lipinski definition) is 4. The van der Waals surface area contributed by atoms with Gasteiger partial charge < -0.3 is 20.6 Å². The quantitative estimate of drug-likeness (QED) is 0.0362. The molecule has 0 aliphatic heterocycles. The van der Waals surface area contributed by atoms with E-state index in [1.165, 1.54) is 270 Å². The highest BCUT2D eigenvalue weighted by Crippen LogP contribution is 2.18. The van der Waals surface area contributed by atoms with Crippen LogP contribution in [0.2, 0.25) is 0 Å². The summed E-state index contributed by atoms with van der Waals surface area (Å²) >= 11 is 0. The van der Waals surface area contributed by atoms with Crippen LogP contribution in [0.1, 0.15) is 335 Å². The van der Waals surface area contributed by atoms with Crippen molar-refractivity contribution in [3.63, 3.8) is 0 Å². The van der Waals surface area contributed by atoms with E-state index in [2.05, 4.69) is 31.3 Å². The van der Waals surface area contributed by atoms with Gasteiger partial charge in [0, 0.05) is 6.42 Å². The Balaban J connectivity index is 3.49. The third-order valence-corrected chi connectivity index (χ3v) is 14.1. The molecule has 0 aliphatic carbocycles. The highest BCUT2D eigenvalue weighted by Gasteiger charge is 2.26. The fourth-order valence-electron chi connectivity index (χ4n) is 9.58. The van der Waals surface area contributed by atoms with Crippen LogP contribution in [0.3, 0.4) is 0 Å². The average molecular weight is 905 g/mol. The standard InChI is InChI=1S/C59H117NO4/c1-3-5-7-9-11-13-15-17-19-21-23-24-25-26-27-28-29-30-31-32-33-34-36-38-40-42-44-46-48-50-52-54-58(63)60-56(55-61)59(64)57(62)53-51-49-47-45-43-41-39-37-35-22-20-18-16-14-12-10-8-6-4-2/h45,47,56-57,59,61-62,64H,3-44,46,48-55H2,1-2H3,(H,60,63)/b47-45+. The van der Waals surface area contributed by atoms with Crippen LogP contribution in [0.15, 0.2) is 12.2 Å². The van der Waals surface area contributed by atoms with Crippen molar-refractivity contribution >= 4 is 5.91 Å². The van der Waals surface area contributed by atoms with Crippen LogP contribution in [0.4, 0.5) is 0 Å². The molecule has 5 nitrogen and oxygen atoms in total. The smallest absolute Gasteiger partial charge is 0.220 e. The fraction of sp³-hybridized carbons (Fsp3) is 0.949. The van der Waals surface area contributed by atoms with E-state index in [0.29, 0.717) is 12.8 Å². The van der Waals surface area contributed by atoms with E-state index in [9.17, 15) is 20.1 Å². The Morgan fingerprint density at radius 1 is 0.375 bits per heavy atom. The van der Waals surface area contributed by atoms with Crippen LogP contribution in [-0.2, 0) is 4.79 Å². The summed E-state index contributed by atoms with van der Waals surface area (Å²) in [6.45, 7) is 4.21. The van der Waals surface area contributed by atoms with Crippen LogP contribution in [-0.4, -0.2) is 46.1 Å². The second kappa shape index (κ2) is 54.7. The van der Waals surface area contributed by atoms with Crippen molar-refractivity contribution in [3.05, 3.63) is 12.2 Å². The second-order valence-corrected chi connectivity index (χ2v) is 20.6. The maximum absolute atomic E-state index is 12.5. The van der Waals surface area contributed by atoms with E-state index < -0.39 is 18.2 Å². The van der Waals surface area contributed by atoms with E-state index in [0.717, 1.165) is 38.5 Å². The summed E-state index contributed by atoms with van der Waals surface area (Å²) in [6, 6.07) is -0.822. The van der Waals surface area contributed by atoms with Gasteiger partial charge in [-0.3, -0.25) is 4.79 Å². The number of allylic oxidation sites excluding steroid dienone is 2. The summed E-state index contributed by atoms with van der Waals surface area (Å²) in [5.74, 6) is -0.146. The lowest BCUT2D eigenvalue weighted by Crippen LogP contribution is -2.50. The number of amides is 1. The van der Waals surface area contributed by atoms with Gasteiger partial charge in [-0.1, -0.05) is 302 Å². The number of hydrogen-bond donors (Lipinski definition) is 4. The molecule has 5 heteroatoms. The Bertz CT molecular complexity index is 909. The number of aliphatic hydroxyl groups is 3. The zero-order valence-electron chi connectivity index (χ0n) is 43.7. The maximum Gasteiger partial charge on any atom is 0.220 e. The molecule has 0 saturated heterocycles. The van der Waals surface area contributed by atoms with Crippen molar-refractivity contribution in [2.75, 3.05) is 6.61 Å². The van der Waals surface area contributed by atoms with Crippen molar-refractivity contribution in [3.8, 4) is 0 Å². The predicted octanol–water partition coefficient (Wildman–Crippen LogP) is 18.3. The molecule has 0 aromatic rings. The lowest BCUT2D eigenvalue weighted by atomic mass is 10.0. The highest BCUT2D eigenvalue weighted by molar-refractivity contribution is 5.76. The topological polar surface area (TPSA) is 89.8 Å². The van der Waals surface area contributed by atoms with Crippen LogP contribution >= 0.6 is 0 Å². The SMILES string of the molecule is CCCCCCCCCCCCCCCC/C=C/CCCC(O)C(O)C(CO)NC(=O)CCCCCCCCCCCCCCCCCCCCCCCCCCCCCCCCC. The molecule has 382 valence electrons. The summed E-state index contributed by atoms with van der Waals surface area (Å²) in [4.78, 5) is 12.5. The van der Waals surface area contributed by atoms with Crippen molar-refractivity contribution in [1.29, 1.82) is 0 Å². The molecule has 0 heterocycles. The molecular formula is C59H117NO4. The Morgan fingerprint density at radius 2 is 0.625 bits per heavy atom. The molecule has 3 unspecified atom stereocenters. The monoisotopic (exact) mass is 904 g/mol. The summed E-state index contributed by atoms with van der Waals surface area (Å²) < 4.78 is 0. The molecule has 4 N–H and O–H groups in total. The first-order valence-electron chi connectivity index (χ1n) is 29.5. The van der Waals surface area contributed by atoms with E-state index in [1.807, 2.05) is 0 Å². The normalized spacial score (nSPS) is 13.3. The first-order chi connectivity index (χ1) is 31.6. The molecule has 0 spiro atoms. The van der Waals surface area contributed by atoms with Crippen molar-refractivity contribution in [2.45, 2.75) is 353 Å². The zero-order chi connectivity index (χ0) is 46.5. The van der Waals surface area contributed by atoms with E-state index in [-0.39, 0.29) is 12.5 Å². The minimum absolute atomic E-state index is 0.146. The summed E-state index contributed by atoms with van der Waals surface area (Å²) in [5.41, 5.74) is 0. The molecule has 0 rings (SSSR count). The number of carbonyl (C=O) groups is 1. The fourth-order valence-corrected chi connectivity index (χ4v) is 9.58. The summed E-state index contributed by atoms with van der Waals surface area (Å²) in [5, 5.41) is 33.7. The van der Waals surface area contributed by atoms with Gasteiger partial charge in [0.2, 0.25) is 5.91 Å². The van der Waals surface area contributed by atoms with E-state index >= 15 is 0 Å². The molecular weight excluding hydrogens is 787 g/mol. The lowest BCUT2D eigenvalue weighted by Gasteiger charge is -2.26. The largest absolute Gasteiger partial charge is 0.394 e. The molecule has 0 fully saturated rings. The molecule has 0 radical (unpaired) electrons. The van der Waals surface area contributed by atoms with Gasteiger partial charge in [0.25, 0.3) is 0 Å². The van der Waals surface area contributed by atoms with Gasteiger partial charge >= 0.3 is 0 Å². The first-order valence-corrected chi connectivity index (χ1v) is 29.5. The molecule has 0 bridgehead atoms. The van der Waals surface area contributed by atoms with E-state index in [1.54, 1.807) is 0 Å². The number of unbranched alkanes of at least 4 members (excludes halogenated alkanes) is 45. The highest BCUT2D eigenvalue weighted by atomic mass is 16.3. The summed E-state index contributed by atoms with van der Waals surface area (Å²) in [7, 11) is 0. The molecule has 1 amide bonds. The van der Waals surface area contributed by atoms with Crippen molar-refractivity contribution in [1.82, 2.24) is 5.32 Å². The van der Waals surface area contributed by atoms with E-state index in [4.69, 9.17) is 0 Å². The molecule has 0 saturated carbocycles.